The summed E-state index contributed by atoms with van der Waals surface area (Å²) in [6.07, 6.45) is 8.67. The van der Waals surface area contributed by atoms with Crippen molar-refractivity contribution in [2.45, 2.75) is 107 Å². The van der Waals surface area contributed by atoms with Gasteiger partial charge in [-0.15, -0.1) is 0 Å². The molecule has 4 unspecified atom stereocenters. The molecule has 0 aromatic carbocycles. The molecule has 0 aliphatic heterocycles. The first-order valence-corrected chi connectivity index (χ1v) is 10.7. The number of rotatable bonds is 8. The zero-order valence-electron chi connectivity index (χ0n) is 18.2. The van der Waals surface area contributed by atoms with Crippen LogP contribution in [0.4, 0.5) is 0 Å². The van der Waals surface area contributed by atoms with Crippen LogP contribution in [0, 0.1) is 35.0 Å². The van der Waals surface area contributed by atoms with E-state index in [0.29, 0.717) is 17.6 Å². The topological polar surface area (TPSA) is 17.1 Å². The van der Waals surface area contributed by atoms with Gasteiger partial charge >= 0.3 is 0 Å². The summed E-state index contributed by atoms with van der Waals surface area (Å²) in [6.45, 7) is 20.1. The van der Waals surface area contributed by atoms with E-state index in [0.717, 1.165) is 30.1 Å². The Hall–Kier alpha value is -0.330. The summed E-state index contributed by atoms with van der Waals surface area (Å²) in [5, 5.41) is 0. The van der Waals surface area contributed by atoms with Crippen molar-refractivity contribution in [1.29, 1.82) is 0 Å². The Morgan fingerprint density at radius 2 is 1.67 bits per heavy atom. The molecule has 1 nitrogen and oxygen atoms in total. The fourth-order valence-corrected chi connectivity index (χ4v) is 4.81. The normalized spacial score (nSPS) is 24.1. The van der Waals surface area contributed by atoms with Crippen LogP contribution in [0.2, 0.25) is 0 Å². The first kappa shape index (κ1) is 23.7. The smallest absolute Gasteiger partial charge is 0.135 e. The van der Waals surface area contributed by atoms with E-state index in [2.05, 4.69) is 41.5 Å². The minimum Gasteiger partial charge on any atom is -0.299 e. The third-order valence-electron chi connectivity index (χ3n) is 6.20. The monoisotopic (exact) mass is 338 g/mol. The fraction of sp³-hybridized carbons (Fsp3) is 0.957. The largest absolute Gasteiger partial charge is 0.299 e. The number of carbonyl (C=O) groups is 1. The molecule has 1 aliphatic carbocycles. The summed E-state index contributed by atoms with van der Waals surface area (Å²) in [6, 6.07) is 0. The highest BCUT2D eigenvalue weighted by molar-refractivity contribution is 5.80. The van der Waals surface area contributed by atoms with Gasteiger partial charge in [-0.1, -0.05) is 75.2 Å². The Balaban J connectivity index is 0.00000254. The van der Waals surface area contributed by atoms with Crippen LogP contribution in [0.1, 0.15) is 107 Å². The minimum absolute atomic E-state index is 0.230. The molecule has 24 heavy (non-hydrogen) atoms. The van der Waals surface area contributed by atoms with Crippen LogP contribution in [-0.4, -0.2) is 5.78 Å². The van der Waals surface area contributed by atoms with Gasteiger partial charge in [-0.05, 0) is 54.8 Å². The molecule has 1 heteroatoms. The van der Waals surface area contributed by atoms with E-state index in [1.54, 1.807) is 0 Å². The van der Waals surface area contributed by atoms with Crippen LogP contribution in [0.25, 0.3) is 0 Å². The molecule has 1 rings (SSSR count). The quantitative estimate of drug-likeness (QED) is 0.447. The molecular weight excluding hydrogens is 292 g/mol. The van der Waals surface area contributed by atoms with Crippen molar-refractivity contribution in [2.75, 3.05) is 0 Å². The standard InChI is InChI=1S/C21H40O.C2H6/c1-8-20(22)17(5)14-21(6,7)19-11-9-10-18(13-19)16(4)12-15(2)3;1-2/h15-19H,8-14H2,1-7H3;1-2H3. The lowest BCUT2D eigenvalue weighted by atomic mass is 9.62. The molecular formula is C23H46O. The number of carbonyl (C=O) groups excluding carboxylic acids is 1. The maximum absolute atomic E-state index is 12.0. The Kier molecular flexibility index (Phi) is 11.2. The van der Waals surface area contributed by atoms with Crippen LogP contribution in [0.3, 0.4) is 0 Å². The van der Waals surface area contributed by atoms with Gasteiger partial charge in [0, 0.05) is 12.3 Å². The van der Waals surface area contributed by atoms with Crippen molar-refractivity contribution < 1.29 is 4.79 Å². The van der Waals surface area contributed by atoms with E-state index >= 15 is 0 Å². The highest BCUT2D eigenvalue weighted by Crippen LogP contribution is 2.46. The van der Waals surface area contributed by atoms with Crippen molar-refractivity contribution in [2.24, 2.45) is 35.0 Å². The SMILES string of the molecule is CC.CCC(=O)C(C)CC(C)(C)C1CCCC(C(C)CC(C)C)C1. The van der Waals surface area contributed by atoms with Gasteiger partial charge in [0.1, 0.15) is 5.78 Å². The number of hydrogen-bond acceptors (Lipinski definition) is 1. The van der Waals surface area contributed by atoms with Gasteiger partial charge in [-0.2, -0.15) is 0 Å². The molecule has 0 saturated heterocycles. The predicted octanol–water partition coefficient (Wildman–Crippen LogP) is 7.53. The molecule has 0 radical (unpaired) electrons. The van der Waals surface area contributed by atoms with E-state index in [9.17, 15) is 4.79 Å². The minimum atomic E-state index is 0.230. The fourth-order valence-electron chi connectivity index (χ4n) is 4.81. The second kappa shape index (κ2) is 11.3. The van der Waals surface area contributed by atoms with E-state index in [-0.39, 0.29) is 5.92 Å². The average molecular weight is 339 g/mol. The molecule has 0 bridgehead atoms. The van der Waals surface area contributed by atoms with Crippen LogP contribution in [0.5, 0.6) is 0 Å². The Bertz CT molecular complexity index is 342. The zero-order chi connectivity index (χ0) is 18.9. The van der Waals surface area contributed by atoms with Crippen LogP contribution in [-0.2, 0) is 4.79 Å². The lowest BCUT2D eigenvalue weighted by Crippen LogP contribution is -2.34. The highest BCUT2D eigenvalue weighted by atomic mass is 16.1. The number of ketones is 1. The lowest BCUT2D eigenvalue weighted by molar-refractivity contribution is -0.123. The summed E-state index contributed by atoms with van der Waals surface area (Å²) in [4.78, 5) is 12.0. The molecule has 144 valence electrons. The van der Waals surface area contributed by atoms with Crippen molar-refractivity contribution in [3.63, 3.8) is 0 Å². The van der Waals surface area contributed by atoms with E-state index < -0.39 is 0 Å². The van der Waals surface area contributed by atoms with E-state index in [4.69, 9.17) is 0 Å². The molecule has 4 atom stereocenters. The van der Waals surface area contributed by atoms with Crippen LogP contribution < -0.4 is 0 Å². The van der Waals surface area contributed by atoms with Crippen LogP contribution >= 0.6 is 0 Å². The average Bonchev–Trinajstić information content (AvgIpc) is 2.55. The Morgan fingerprint density at radius 3 is 2.17 bits per heavy atom. The third kappa shape index (κ3) is 7.70. The van der Waals surface area contributed by atoms with Crippen molar-refractivity contribution in [1.82, 2.24) is 0 Å². The Labute approximate surface area is 153 Å². The first-order valence-electron chi connectivity index (χ1n) is 10.7. The van der Waals surface area contributed by atoms with Gasteiger partial charge in [0.15, 0.2) is 0 Å². The molecule has 0 N–H and O–H groups in total. The molecule has 0 heterocycles. The number of Topliss-reactive ketones (excluding diaryl/α,β-unsaturated/α-hetero) is 1. The molecule has 1 saturated carbocycles. The number of hydrogen-bond donors (Lipinski definition) is 0. The first-order chi connectivity index (χ1) is 11.2. The van der Waals surface area contributed by atoms with Gasteiger partial charge in [0.05, 0.1) is 0 Å². The van der Waals surface area contributed by atoms with Crippen LogP contribution in [0.15, 0.2) is 0 Å². The van der Waals surface area contributed by atoms with Gasteiger partial charge < -0.3 is 0 Å². The second-order valence-corrected chi connectivity index (χ2v) is 9.14. The molecule has 0 spiro atoms. The van der Waals surface area contributed by atoms with Crippen molar-refractivity contribution in [3.8, 4) is 0 Å². The van der Waals surface area contributed by atoms with E-state index in [1.807, 2.05) is 20.8 Å². The summed E-state index contributed by atoms with van der Waals surface area (Å²) in [5.41, 5.74) is 0.306. The molecule has 0 aromatic rings. The van der Waals surface area contributed by atoms with Gasteiger partial charge in [-0.3, -0.25) is 4.79 Å². The van der Waals surface area contributed by atoms with Gasteiger partial charge in [0.25, 0.3) is 0 Å². The second-order valence-electron chi connectivity index (χ2n) is 9.14. The highest BCUT2D eigenvalue weighted by Gasteiger charge is 2.37. The predicted molar refractivity (Wildman–Crippen MR) is 108 cm³/mol. The van der Waals surface area contributed by atoms with Crippen molar-refractivity contribution >= 4 is 5.78 Å². The summed E-state index contributed by atoms with van der Waals surface area (Å²) < 4.78 is 0. The van der Waals surface area contributed by atoms with Crippen molar-refractivity contribution in [3.05, 3.63) is 0 Å². The molecule has 1 fully saturated rings. The summed E-state index contributed by atoms with van der Waals surface area (Å²) in [5.74, 6) is 4.03. The maximum Gasteiger partial charge on any atom is 0.135 e. The van der Waals surface area contributed by atoms with Gasteiger partial charge in [-0.25, -0.2) is 0 Å². The lowest BCUT2D eigenvalue weighted by Gasteiger charge is -2.43. The summed E-state index contributed by atoms with van der Waals surface area (Å²) >= 11 is 0. The molecule has 0 aromatic heterocycles. The summed E-state index contributed by atoms with van der Waals surface area (Å²) in [7, 11) is 0. The zero-order valence-corrected chi connectivity index (χ0v) is 18.2. The third-order valence-corrected chi connectivity index (χ3v) is 6.20. The molecule has 0 amide bonds. The molecule has 1 aliphatic rings. The maximum atomic E-state index is 12.0. The van der Waals surface area contributed by atoms with Gasteiger partial charge in [0.2, 0.25) is 0 Å². The Morgan fingerprint density at radius 1 is 1.08 bits per heavy atom. The van der Waals surface area contributed by atoms with E-state index in [1.165, 1.54) is 32.1 Å².